The summed E-state index contributed by atoms with van der Waals surface area (Å²) in [7, 11) is 1.71. The van der Waals surface area contributed by atoms with Crippen molar-refractivity contribution in [2.24, 2.45) is 5.73 Å². The zero-order valence-corrected chi connectivity index (χ0v) is 12.1. The molecule has 0 aromatic heterocycles. The molecule has 108 valence electrons. The average molecular weight is 268 g/mol. The van der Waals surface area contributed by atoms with Crippen molar-refractivity contribution in [2.45, 2.75) is 32.4 Å². The molecule has 1 aromatic carbocycles. The highest BCUT2D eigenvalue weighted by molar-refractivity contribution is 5.19. The summed E-state index contributed by atoms with van der Waals surface area (Å²) in [6, 6.07) is 6.78. The second-order valence-corrected chi connectivity index (χ2v) is 4.88. The molecule has 1 aromatic rings. The Kier molecular flexibility index (Phi) is 6.99. The van der Waals surface area contributed by atoms with Gasteiger partial charge < -0.3 is 10.5 Å². The van der Waals surface area contributed by atoms with Gasteiger partial charge in [0.05, 0.1) is 6.61 Å². The van der Waals surface area contributed by atoms with Crippen LogP contribution in [0.1, 0.15) is 31.9 Å². The maximum absolute atomic E-state index is 13.1. The second kappa shape index (κ2) is 8.25. The Morgan fingerprint density at radius 3 is 2.74 bits per heavy atom. The maximum Gasteiger partial charge on any atom is 0.123 e. The molecule has 0 heterocycles. The second-order valence-electron chi connectivity index (χ2n) is 4.88. The lowest BCUT2D eigenvalue weighted by molar-refractivity contribution is 0.101. The van der Waals surface area contributed by atoms with E-state index in [1.54, 1.807) is 13.2 Å². The molecule has 0 aliphatic rings. The van der Waals surface area contributed by atoms with Gasteiger partial charge in [0, 0.05) is 25.7 Å². The number of halogens is 1. The van der Waals surface area contributed by atoms with Crippen LogP contribution in [0.25, 0.3) is 0 Å². The van der Waals surface area contributed by atoms with Crippen molar-refractivity contribution < 1.29 is 9.13 Å². The van der Waals surface area contributed by atoms with Crippen LogP contribution in [0, 0.1) is 5.82 Å². The van der Waals surface area contributed by atoms with Crippen molar-refractivity contribution in [1.82, 2.24) is 4.90 Å². The van der Waals surface area contributed by atoms with Crippen molar-refractivity contribution in [2.75, 3.05) is 26.8 Å². The van der Waals surface area contributed by atoms with Crippen LogP contribution < -0.4 is 5.73 Å². The quantitative estimate of drug-likeness (QED) is 0.787. The fourth-order valence-electron chi connectivity index (χ4n) is 2.25. The summed E-state index contributed by atoms with van der Waals surface area (Å²) in [5.74, 6) is -0.229. The summed E-state index contributed by atoms with van der Waals surface area (Å²) in [4.78, 5) is 2.32. The molecule has 0 saturated carbocycles. The predicted molar refractivity (Wildman–Crippen MR) is 76.5 cm³/mol. The lowest BCUT2D eigenvalue weighted by Gasteiger charge is -2.28. The molecule has 0 saturated heterocycles. The van der Waals surface area contributed by atoms with Crippen molar-refractivity contribution in [3.05, 3.63) is 35.6 Å². The van der Waals surface area contributed by atoms with E-state index in [0.29, 0.717) is 12.6 Å². The van der Waals surface area contributed by atoms with E-state index in [2.05, 4.69) is 18.7 Å². The summed E-state index contributed by atoms with van der Waals surface area (Å²) in [5.41, 5.74) is 6.97. The number of hydrogen-bond acceptors (Lipinski definition) is 3. The molecule has 0 bridgehead atoms. The molecule has 19 heavy (non-hydrogen) atoms. The summed E-state index contributed by atoms with van der Waals surface area (Å²) in [5, 5.41) is 0. The van der Waals surface area contributed by atoms with Gasteiger partial charge in [-0.25, -0.2) is 4.39 Å². The number of methoxy groups -OCH3 is 1. The van der Waals surface area contributed by atoms with Gasteiger partial charge in [-0.3, -0.25) is 4.90 Å². The molecule has 2 unspecified atom stereocenters. The molecule has 2 N–H and O–H groups in total. The monoisotopic (exact) mass is 268 g/mol. The van der Waals surface area contributed by atoms with Crippen molar-refractivity contribution in [3.8, 4) is 0 Å². The summed E-state index contributed by atoms with van der Waals surface area (Å²) in [6.45, 7) is 6.82. The summed E-state index contributed by atoms with van der Waals surface area (Å²) < 4.78 is 18.3. The molecular weight excluding hydrogens is 243 g/mol. The van der Waals surface area contributed by atoms with Gasteiger partial charge in [-0.1, -0.05) is 19.1 Å². The Balaban J connectivity index is 2.50. The molecule has 0 spiro atoms. The maximum atomic E-state index is 13.1. The normalized spacial score (nSPS) is 14.6. The molecular formula is C15H25FN2O. The van der Waals surface area contributed by atoms with E-state index in [1.807, 2.05) is 6.07 Å². The molecule has 4 heteroatoms. The summed E-state index contributed by atoms with van der Waals surface area (Å²) in [6.07, 6.45) is 0.811. The molecule has 0 aliphatic carbocycles. The van der Waals surface area contributed by atoms with Crippen LogP contribution in [-0.4, -0.2) is 37.7 Å². The van der Waals surface area contributed by atoms with E-state index in [1.165, 1.54) is 12.1 Å². The first-order valence-corrected chi connectivity index (χ1v) is 6.82. The van der Waals surface area contributed by atoms with Crippen molar-refractivity contribution >= 4 is 0 Å². The van der Waals surface area contributed by atoms with Crippen LogP contribution in [0.3, 0.4) is 0 Å². The predicted octanol–water partition coefficient (Wildman–Crippen LogP) is 2.57. The topological polar surface area (TPSA) is 38.5 Å². The van der Waals surface area contributed by atoms with E-state index in [0.717, 1.165) is 25.1 Å². The van der Waals surface area contributed by atoms with Gasteiger partial charge >= 0.3 is 0 Å². The Hall–Kier alpha value is -0.970. The van der Waals surface area contributed by atoms with E-state index in [-0.39, 0.29) is 11.9 Å². The molecule has 3 nitrogen and oxygen atoms in total. The van der Waals surface area contributed by atoms with Gasteiger partial charge in [0.1, 0.15) is 5.82 Å². The van der Waals surface area contributed by atoms with Gasteiger partial charge in [0.2, 0.25) is 0 Å². The first-order valence-electron chi connectivity index (χ1n) is 6.82. The minimum absolute atomic E-state index is 0.125. The average Bonchev–Trinajstić information content (AvgIpc) is 2.39. The van der Waals surface area contributed by atoms with Crippen molar-refractivity contribution in [1.29, 1.82) is 0 Å². The van der Waals surface area contributed by atoms with Crippen LogP contribution in [0.2, 0.25) is 0 Å². The first-order chi connectivity index (χ1) is 9.08. The van der Waals surface area contributed by atoms with Crippen LogP contribution in [0.15, 0.2) is 24.3 Å². The first kappa shape index (κ1) is 16.1. The van der Waals surface area contributed by atoms with Gasteiger partial charge in [-0.2, -0.15) is 0 Å². The Labute approximate surface area is 115 Å². The Morgan fingerprint density at radius 1 is 1.42 bits per heavy atom. The molecule has 0 radical (unpaired) electrons. The molecule has 0 aliphatic heterocycles. The standard InChI is InChI=1S/C15H25FN2O/c1-4-18(12(2)11-19-3)9-8-15(17)13-6-5-7-14(16)10-13/h5-7,10,12,15H,4,8-9,11,17H2,1-3H3. The highest BCUT2D eigenvalue weighted by Gasteiger charge is 2.14. The number of benzene rings is 1. The SMILES string of the molecule is CCN(CCC(N)c1cccc(F)c1)C(C)COC. The number of nitrogens with two attached hydrogens (primary N) is 1. The molecule has 1 rings (SSSR count). The highest BCUT2D eigenvalue weighted by atomic mass is 19.1. The molecule has 2 atom stereocenters. The number of ether oxygens (including phenoxy) is 1. The smallest absolute Gasteiger partial charge is 0.123 e. The lowest BCUT2D eigenvalue weighted by Crippen LogP contribution is -2.37. The van der Waals surface area contributed by atoms with E-state index < -0.39 is 0 Å². The minimum Gasteiger partial charge on any atom is -0.383 e. The number of rotatable bonds is 8. The number of nitrogens with zero attached hydrogens (tertiary/aromatic N) is 1. The fraction of sp³-hybridized carbons (Fsp3) is 0.600. The van der Waals surface area contributed by atoms with Crippen molar-refractivity contribution in [3.63, 3.8) is 0 Å². The van der Waals surface area contributed by atoms with Gasteiger partial charge in [0.15, 0.2) is 0 Å². The lowest BCUT2D eigenvalue weighted by atomic mass is 10.0. The van der Waals surface area contributed by atoms with E-state index in [4.69, 9.17) is 10.5 Å². The fourth-order valence-corrected chi connectivity index (χ4v) is 2.25. The van der Waals surface area contributed by atoms with Crippen LogP contribution in [-0.2, 0) is 4.74 Å². The van der Waals surface area contributed by atoms with Crippen LogP contribution in [0.5, 0.6) is 0 Å². The Bertz CT molecular complexity index is 373. The minimum atomic E-state index is -0.229. The van der Waals surface area contributed by atoms with Gasteiger partial charge in [-0.05, 0) is 37.6 Å². The van der Waals surface area contributed by atoms with E-state index in [9.17, 15) is 4.39 Å². The van der Waals surface area contributed by atoms with Crippen LogP contribution in [0.4, 0.5) is 4.39 Å². The third kappa shape index (κ3) is 5.27. The number of hydrogen-bond donors (Lipinski definition) is 1. The molecule has 0 amide bonds. The zero-order valence-electron chi connectivity index (χ0n) is 12.1. The van der Waals surface area contributed by atoms with E-state index >= 15 is 0 Å². The van der Waals surface area contributed by atoms with Crippen LogP contribution >= 0.6 is 0 Å². The Morgan fingerprint density at radius 2 is 2.16 bits per heavy atom. The zero-order chi connectivity index (χ0) is 14.3. The highest BCUT2D eigenvalue weighted by Crippen LogP contribution is 2.16. The van der Waals surface area contributed by atoms with Gasteiger partial charge in [-0.15, -0.1) is 0 Å². The van der Waals surface area contributed by atoms with Gasteiger partial charge in [0.25, 0.3) is 0 Å². The third-order valence-corrected chi connectivity index (χ3v) is 3.44. The molecule has 0 fully saturated rings. The summed E-state index contributed by atoms with van der Waals surface area (Å²) >= 11 is 0. The number of likely N-dealkylation sites (N-methyl/N-ethyl adjacent to an activating group) is 1. The largest absolute Gasteiger partial charge is 0.383 e. The third-order valence-electron chi connectivity index (χ3n) is 3.44.